The number of azo groups is 1. The van der Waals surface area contributed by atoms with Crippen LogP contribution in [0.2, 0.25) is 0 Å². The number of carbonyl (C=O) groups excluding carboxylic acids is 1. The average molecular weight is 216 g/mol. The normalized spacial score (nSPS) is 16.1. The maximum absolute atomic E-state index is 11.0. The second-order valence-electron chi connectivity index (χ2n) is 4.46. The van der Waals surface area contributed by atoms with Crippen LogP contribution in [0.3, 0.4) is 0 Å². The van der Waals surface area contributed by atoms with E-state index in [1.807, 2.05) is 27.7 Å². The fourth-order valence-electron chi connectivity index (χ4n) is 0.640. The lowest BCUT2D eigenvalue weighted by atomic mass is 10.1. The van der Waals surface area contributed by atoms with Gasteiger partial charge in [0, 0.05) is 6.42 Å². The van der Waals surface area contributed by atoms with E-state index in [9.17, 15) is 4.79 Å². The molecule has 0 aromatic carbocycles. The van der Waals surface area contributed by atoms with Crippen molar-refractivity contribution < 1.29 is 14.3 Å². The topological polar surface area (TPSA) is 60.2 Å². The van der Waals surface area contributed by atoms with Gasteiger partial charge >= 0.3 is 6.16 Å². The van der Waals surface area contributed by atoms with Crippen molar-refractivity contribution in [3.63, 3.8) is 0 Å². The third-order valence-corrected chi connectivity index (χ3v) is 1.69. The van der Waals surface area contributed by atoms with Crippen LogP contribution in [-0.2, 0) is 9.47 Å². The van der Waals surface area contributed by atoms with Gasteiger partial charge in [-0.3, -0.25) is 0 Å². The van der Waals surface area contributed by atoms with Crippen LogP contribution in [-0.4, -0.2) is 24.5 Å². The van der Waals surface area contributed by atoms with Crippen LogP contribution in [0.1, 0.15) is 41.0 Å². The molecule has 0 saturated carbocycles. The number of rotatable bonds is 3. The molecule has 5 nitrogen and oxygen atoms in total. The Balaban J connectivity index is 4.57. The van der Waals surface area contributed by atoms with Crippen molar-refractivity contribution in [1.82, 2.24) is 0 Å². The van der Waals surface area contributed by atoms with E-state index in [1.54, 1.807) is 6.92 Å². The molecule has 0 fully saturated rings. The minimum absolute atomic E-state index is 0.282. The maximum Gasteiger partial charge on any atom is 0.510 e. The Morgan fingerprint density at radius 3 is 2.07 bits per heavy atom. The molecule has 0 amide bonds. The highest BCUT2D eigenvalue weighted by Gasteiger charge is 2.27. The predicted octanol–water partition coefficient (Wildman–Crippen LogP) is 3.15. The van der Waals surface area contributed by atoms with E-state index >= 15 is 0 Å². The van der Waals surface area contributed by atoms with Crippen molar-refractivity contribution >= 4 is 6.16 Å². The van der Waals surface area contributed by atoms with Crippen LogP contribution in [0.5, 0.6) is 0 Å². The van der Waals surface area contributed by atoms with Gasteiger partial charge in [-0.25, -0.2) is 4.79 Å². The van der Waals surface area contributed by atoms with E-state index < -0.39 is 11.9 Å². The van der Waals surface area contributed by atoms with Gasteiger partial charge in [-0.15, -0.1) is 5.11 Å². The van der Waals surface area contributed by atoms with Crippen molar-refractivity contribution in [2.45, 2.75) is 52.3 Å². The summed E-state index contributed by atoms with van der Waals surface area (Å²) < 4.78 is 9.43. The Morgan fingerprint density at radius 1 is 1.20 bits per heavy atom. The Kier molecular flexibility index (Phi) is 4.71. The molecular weight excluding hydrogens is 196 g/mol. The van der Waals surface area contributed by atoms with Gasteiger partial charge < -0.3 is 9.47 Å². The molecule has 88 valence electrons. The van der Waals surface area contributed by atoms with Crippen molar-refractivity contribution in [2.75, 3.05) is 7.11 Å². The van der Waals surface area contributed by atoms with E-state index in [-0.39, 0.29) is 5.54 Å². The molecule has 0 spiro atoms. The maximum atomic E-state index is 11.0. The number of hydrogen-bond donors (Lipinski definition) is 0. The molecule has 0 aliphatic rings. The Labute approximate surface area is 90.9 Å². The zero-order valence-electron chi connectivity index (χ0n) is 10.3. The number of methoxy groups -OCH3 is 1. The summed E-state index contributed by atoms with van der Waals surface area (Å²) in [6.07, 6.45) is -0.200. The van der Waals surface area contributed by atoms with Gasteiger partial charge in [0.25, 0.3) is 0 Å². The first kappa shape index (κ1) is 13.9. The molecule has 0 aromatic rings. The molecule has 5 heteroatoms. The zero-order chi connectivity index (χ0) is 12.1. The quantitative estimate of drug-likeness (QED) is 0.537. The first-order valence-corrected chi connectivity index (χ1v) is 4.93. The third kappa shape index (κ3) is 6.04. The molecule has 0 aliphatic carbocycles. The molecule has 0 saturated heterocycles. The molecule has 0 aromatic heterocycles. The van der Waals surface area contributed by atoms with Gasteiger partial charge in [-0.1, -0.05) is 6.92 Å². The summed E-state index contributed by atoms with van der Waals surface area (Å²) in [5, 5.41) is 8.11. The summed E-state index contributed by atoms with van der Waals surface area (Å²) >= 11 is 0. The lowest BCUT2D eigenvalue weighted by Crippen LogP contribution is -2.29. The van der Waals surface area contributed by atoms with Crippen molar-refractivity contribution in [1.29, 1.82) is 0 Å². The van der Waals surface area contributed by atoms with Gasteiger partial charge in [0.15, 0.2) is 0 Å². The highest BCUT2D eigenvalue weighted by Crippen LogP contribution is 2.21. The second-order valence-corrected chi connectivity index (χ2v) is 4.46. The highest BCUT2D eigenvalue weighted by molar-refractivity contribution is 5.60. The second kappa shape index (κ2) is 5.09. The fraction of sp³-hybridized carbons (Fsp3) is 0.900. The van der Waals surface area contributed by atoms with E-state index in [1.165, 1.54) is 7.11 Å². The van der Waals surface area contributed by atoms with Crippen LogP contribution in [0.4, 0.5) is 4.79 Å². The Bertz CT molecular complexity index is 246. The standard InChI is InChI=1S/C10H20N2O3/c1-7-10(5,15-8(13)14-6)12-11-9(2,3)4/h7H2,1-6H3. The van der Waals surface area contributed by atoms with Crippen LogP contribution >= 0.6 is 0 Å². The summed E-state index contributed by atoms with van der Waals surface area (Å²) in [5.41, 5.74) is -1.23. The molecule has 0 heterocycles. The first-order chi connectivity index (χ1) is 6.72. The zero-order valence-corrected chi connectivity index (χ0v) is 10.3. The molecule has 1 atom stereocenters. The first-order valence-electron chi connectivity index (χ1n) is 4.93. The molecule has 0 radical (unpaired) electrons. The Morgan fingerprint density at radius 2 is 1.73 bits per heavy atom. The summed E-state index contributed by atoms with van der Waals surface area (Å²) in [6, 6.07) is 0. The summed E-state index contributed by atoms with van der Waals surface area (Å²) in [5.74, 6) is 0. The monoisotopic (exact) mass is 216 g/mol. The van der Waals surface area contributed by atoms with Crippen molar-refractivity contribution in [3.05, 3.63) is 0 Å². The van der Waals surface area contributed by atoms with Gasteiger partial charge in [-0.05, 0) is 27.7 Å². The highest BCUT2D eigenvalue weighted by atomic mass is 16.7. The largest absolute Gasteiger partial charge is 0.510 e. The summed E-state index contributed by atoms with van der Waals surface area (Å²) in [6.45, 7) is 9.32. The fourth-order valence-corrected chi connectivity index (χ4v) is 0.640. The van der Waals surface area contributed by atoms with Crippen LogP contribution in [0.15, 0.2) is 10.2 Å². The van der Waals surface area contributed by atoms with E-state index in [0.717, 1.165) is 0 Å². The molecule has 0 bridgehead atoms. The number of nitrogens with zero attached hydrogens (tertiary/aromatic N) is 2. The van der Waals surface area contributed by atoms with Gasteiger partial charge in [0.1, 0.15) is 0 Å². The SMILES string of the molecule is CCC(C)(N=NC(C)(C)C)OC(=O)OC. The van der Waals surface area contributed by atoms with Crippen molar-refractivity contribution in [3.8, 4) is 0 Å². The lowest BCUT2D eigenvalue weighted by molar-refractivity contribution is -0.0196. The van der Waals surface area contributed by atoms with Crippen molar-refractivity contribution in [2.24, 2.45) is 10.2 Å². The number of carbonyl (C=O) groups is 1. The van der Waals surface area contributed by atoms with Gasteiger partial charge in [0.05, 0.1) is 12.6 Å². The van der Waals surface area contributed by atoms with E-state index in [0.29, 0.717) is 6.42 Å². The number of hydrogen-bond acceptors (Lipinski definition) is 5. The van der Waals surface area contributed by atoms with Gasteiger partial charge in [0.2, 0.25) is 5.72 Å². The third-order valence-electron chi connectivity index (χ3n) is 1.69. The smallest absolute Gasteiger partial charge is 0.438 e. The molecular formula is C10H20N2O3. The molecule has 0 N–H and O–H groups in total. The molecule has 0 rings (SSSR count). The predicted molar refractivity (Wildman–Crippen MR) is 56.8 cm³/mol. The van der Waals surface area contributed by atoms with Crippen LogP contribution in [0.25, 0.3) is 0 Å². The molecule has 15 heavy (non-hydrogen) atoms. The van der Waals surface area contributed by atoms with Crippen LogP contribution < -0.4 is 0 Å². The minimum atomic E-state index is -0.944. The molecule has 1 unspecified atom stereocenters. The Hall–Kier alpha value is -1.13. The van der Waals surface area contributed by atoms with Gasteiger partial charge in [-0.2, -0.15) is 5.11 Å². The average Bonchev–Trinajstić information content (AvgIpc) is 2.14. The summed E-state index contributed by atoms with van der Waals surface area (Å²) in [7, 11) is 1.26. The van der Waals surface area contributed by atoms with Crippen LogP contribution in [0, 0.1) is 0 Å². The lowest BCUT2D eigenvalue weighted by Gasteiger charge is -2.23. The molecule has 0 aliphatic heterocycles. The van der Waals surface area contributed by atoms with E-state index in [2.05, 4.69) is 15.0 Å². The summed E-state index contributed by atoms with van der Waals surface area (Å²) in [4.78, 5) is 11.0. The minimum Gasteiger partial charge on any atom is -0.438 e. The number of ether oxygens (including phenoxy) is 2. The van der Waals surface area contributed by atoms with E-state index in [4.69, 9.17) is 4.74 Å².